The number of rotatable bonds is 10. The second kappa shape index (κ2) is 14.3. The fraction of sp³-hybridized carbons (Fsp3) is 0.152. The van der Waals surface area contributed by atoms with E-state index in [1.54, 1.807) is 10.9 Å². The lowest BCUT2D eigenvalue weighted by molar-refractivity contribution is 0.396. The van der Waals surface area contributed by atoms with Crippen molar-refractivity contribution in [3.05, 3.63) is 201 Å². The lowest BCUT2D eigenvalue weighted by Crippen LogP contribution is -2.39. The molecule has 5 aromatic carbocycles. The van der Waals surface area contributed by atoms with Crippen LogP contribution in [0.2, 0.25) is 0 Å². The molecule has 8 rings (SSSR count). The van der Waals surface area contributed by atoms with E-state index in [4.69, 9.17) is 20.4 Å². The Labute approximate surface area is 309 Å². The van der Waals surface area contributed by atoms with Gasteiger partial charge < -0.3 is 4.57 Å². The van der Waals surface area contributed by atoms with Crippen LogP contribution in [0, 0.1) is 6.92 Å². The summed E-state index contributed by atoms with van der Waals surface area (Å²) >= 11 is 0. The number of nitrogens with zero attached hydrogens (tertiary/aromatic N) is 6. The van der Waals surface area contributed by atoms with Crippen molar-refractivity contribution >= 4 is 10.9 Å². The average Bonchev–Trinajstić information content (AvgIpc) is 3.71. The Morgan fingerprint density at radius 3 is 1.77 bits per heavy atom. The van der Waals surface area contributed by atoms with Crippen LogP contribution < -0.4 is 5.56 Å². The molecule has 0 spiro atoms. The van der Waals surface area contributed by atoms with E-state index in [-0.39, 0.29) is 5.56 Å². The number of aryl methyl sites for hydroxylation is 3. The van der Waals surface area contributed by atoms with Crippen molar-refractivity contribution in [2.75, 3.05) is 0 Å². The molecule has 0 fully saturated rings. The number of tetrazole rings is 1. The molecule has 0 atom stereocenters. The summed E-state index contributed by atoms with van der Waals surface area (Å²) in [6.45, 7) is 6.69. The third-order valence-corrected chi connectivity index (χ3v) is 10.2. The molecule has 0 aliphatic carbocycles. The van der Waals surface area contributed by atoms with Gasteiger partial charge in [-0.1, -0.05) is 153 Å². The van der Waals surface area contributed by atoms with Gasteiger partial charge in [-0.25, -0.2) is 0 Å². The zero-order valence-corrected chi connectivity index (χ0v) is 30.1. The van der Waals surface area contributed by atoms with E-state index >= 15 is 0 Å². The van der Waals surface area contributed by atoms with E-state index < -0.39 is 5.54 Å². The standard InChI is InChI=1S/C46H40N6O/c1-4-38-30-42-44(41(5-2)47-38)32(3)29-43(53)51(42)31-33-25-27-34(28-26-33)39-23-15-16-24-40(39)45-48-50-52(49-45)46(35-17-9-6-10-18-35,36-19-11-7-12-20-36)37-21-13-8-14-22-37/h6-30H,4-5,31H2,1-3H3. The van der Waals surface area contributed by atoms with Crippen molar-refractivity contribution in [3.63, 3.8) is 0 Å². The second-order valence-corrected chi connectivity index (χ2v) is 13.4. The molecule has 0 bridgehead atoms. The van der Waals surface area contributed by atoms with E-state index in [1.165, 1.54) is 0 Å². The SMILES string of the molecule is CCc1cc2c(c(C)cc(=O)n2Cc2ccc(-c3ccccc3-c3nnn(C(c4ccccc4)(c4ccccc4)c4ccccc4)n3)cc2)c(CC)n1. The number of fused-ring (bicyclic) bond motifs is 1. The molecule has 0 amide bonds. The Morgan fingerprint density at radius 2 is 1.21 bits per heavy atom. The summed E-state index contributed by atoms with van der Waals surface area (Å²) in [4.78, 5) is 20.1. The number of hydrogen-bond donors (Lipinski definition) is 0. The molecule has 8 aromatic rings. The highest BCUT2D eigenvalue weighted by atomic mass is 16.1. The van der Waals surface area contributed by atoms with E-state index in [1.807, 2.05) is 84.3 Å². The van der Waals surface area contributed by atoms with Crippen LogP contribution in [0.1, 0.15) is 53.1 Å². The molecule has 0 radical (unpaired) electrons. The molecule has 3 heterocycles. The molecule has 0 saturated heterocycles. The molecule has 0 saturated carbocycles. The minimum atomic E-state index is -0.865. The van der Waals surface area contributed by atoms with Gasteiger partial charge in [0, 0.05) is 28.4 Å². The van der Waals surface area contributed by atoms with Crippen LogP contribution in [0.15, 0.2) is 156 Å². The topological polar surface area (TPSA) is 78.5 Å². The summed E-state index contributed by atoms with van der Waals surface area (Å²) in [6.07, 6.45) is 1.62. The van der Waals surface area contributed by atoms with Crippen LogP contribution in [0.3, 0.4) is 0 Å². The van der Waals surface area contributed by atoms with Gasteiger partial charge in [-0.15, -0.1) is 15.0 Å². The fourth-order valence-electron chi connectivity index (χ4n) is 7.59. The molecular weight excluding hydrogens is 653 g/mol. The fourth-order valence-corrected chi connectivity index (χ4v) is 7.59. The molecule has 7 heteroatoms. The van der Waals surface area contributed by atoms with Crippen molar-refractivity contribution in [2.45, 2.75) is 45.7 Å². The van der Waals surface area contributed by atoms with Gasteiger partial charge in [0.05, 0.1) is 12.1 Å². The monoisotopic (exact) mass is 692 g/mol. The summed E-state index contributed by atoms with van der Waals surface area (Å²) in [6, 6.07) is 51.5. The van der Waals surface area contributed by atoms with E-state index in [2.05, 4.69) is 86.6 Å². The summed E-state index contributed by atoms with van der Waals surface area (Å²) in [7, 11) is 0. The van der Waals surface area contributed by atoms with Crippen molar-refractivity contribution < 1.29 is 0 Å². The first kappa shape index (κ1) is 33.7. The van der Waals surface area contributed by atoms with Gasteiger partial charge in [0.15, 0.2) is 5.54 Å². The quantitative estimate of drug-likeness (QED) is 0.134. The van der Waals surface area contributed by atoms with E-state index in [0.717, 1.165) is 79.6 Å². The van der Waals surface area contributed by atoms with Gasteiger partial charge in [-0.2, -0.15) is 0 Å². The largest absolute Gasteiger partial charge is 0.304 e. The van der Waals surface area contributed by atoms with Crippen molar-refractivity contribution in [2.24, 2.45) is 0 Å². The summed E-state index contributed by atoms with van der Waals surface area (Å²) in [5.74, 6) is 0.529. The minimum absolute atomic E-state index is 0.00790. The molecule has 260 valence electrons. The predicted octanol–water partition coefficient (Wildman–Crippen LogP) is 9.04. The van der Waals surface area contributed by atoms with Crippen molar-refractivity contribution in [1.82, 2.24) is 29.8 Å². The van der Waals surface area contributed by atoms with Crippen LogP contribution in [0.5, 0.6) is 0 Å². The normalized spacial score (nSPS) is 11.6. The highest BCUT2D eigenvalue weighted by molar-refractivity contribution is 5.85. The third kappa shape index (κ3) is 6.04. The predicted molar refractivity (Wildman–Crippen MR) is 212 cm³/mol. The molecule has 53 heavy (non-hydrogen) atoms. The van der Waals surface area contributed by atoms with E-state index in [9.17, 15) is 4.79 Å². The van der Waals surface area contributed by atoms with Crippen LogP contribution in [0.4, 0.5) is 0 Å². The maximum absolute atomic E-state index is 13.4. The van der Waals surface area contributed by atoms with Gasteiger partial charge in [0.25, 0.3) is 5.56 Å². The lowest BCUT2D eigenvalue weighted by Gasteiger charge is -2.34. The van der Waals surface area contributed by atoms with Gasteiger partial charge in [0.2, 0.25) is 5.82 Å². The molecule has 0 N–H and O–H groups in total. The van der Waals surface area contributed by atoms with Crippen LogP contribution in [-0.2, 0) is 24.9 Å². The van der Waals surface area contributed by atoms with Crippen molar-refractivity contribution in [1.29, 1.82) is 0 Å². The number of hydrogen-bond acceptors (Lipinski definition) is 5. The third-order valence-electron chi connectivity index (χ3n) is 10.2. The van der Waals surface area contributed by atoms with Gasteiger partial charge in [-0.05, 0) is 70.0 Å². The molecule has 0 aliphatic rings. The van der Waals surface area contributed by atoms with Crippen LogP contribution in [-0.4, -0.2) is 29.8 Å². The van der Waals surface area contributed by atoms with E-state index in [0.29, 0.717) is 12.4 Å². The number of pyridine rings is 2. The van der Waals surface area contributed by atoms with Crippen LogP contribution >= 0.6 is 0 Å². The minimum Gasteiger partial charge on any atom is -0.304 e. The average molecular weight is 693 g/mol. The zero-order valence-electron chi connectivity index (χ0n) is 30.1. The molecule has 3 aromatic heterocycles. The number of aromatic nitrogens is 6. The van der Waals surface area contributed by atoms with Gasteiger partial charge in [-0.3, -0.25) is 9.78 Å². The highest BCUT2D eigenvalue weighted by Gasteiger charge is 2.41. The summed E-state index contributed by atoms with van der Waals surface area (Å²) in [5.41, 5.74) is 10.1. The Hall–Kier alpha value is -6.47. The molecule has 0 aliphatic heterocycles. The summed E-state index contributed by atoms with van der Waals surface area (Å²) < 4.78 is 1.88. The van der Waals surface area contributed by atoms with Crippen LogP contribution in [0.25, 0.3) is 33.4 Å². The maximum Gasteiger partial charge on any atom is 0.251 e. The molecular formula is C46H40N6O. The first-order valence-corrected chi connectivity index (χ1v) is 18.2. The number of benzene rings is 5. The molecule has 0 unspecified atom stereocenters. The van der Waals surface area contributed by atoms with Gasteiger partial charge in [0.1, 0.15) is 0 Å². The molecule has 7 nitrogen and oxygen atoms in total. The smallest absolute Gasteiger partial charge is 0.251 e. The Morgan fingerprint density at radius 1 is 0.642 bits per heavy atom. The van der Waals surface area contributed by atoms with Gasteiger partial charge >= 0.3 is 0 Å². The summed E-state index contributed by atoms with van der Waals surface area (Å²) in [5, 5.41) is 15.7. The zero-order chi connectivity index (χ0) is 36.4. The Kier molecular flexibility index (Phi) is 9.07. The first-order chi connectivity index (χ1) is 26.0. The second-order valence-electron chi connectivity index (χ2n) is 13.4. The Bertz CT molecular complexity index is 2480. The lowest BCUT2D eigenvalue weighted by atomic mass is 9.77. The first-order valence-electron chi connectivity index (χ1n) is 18.2. The highest BCUT2D eigenvalue weighted by Crippen LogP contribution is 2.40. The maximum atomic E-state index is 13.4. The van der Waals surface area contributed by atoms with Crippen molar-refractivity contribution in [3.8, 4) is 22.5 Å². The Balaban J connectivity index is 1.19.